The van der Waals surface area contributed by atoms with Gasteiger partial charge < -0.3 is 4.57 Å². The van der Waals surface area contributed by atoms with Crippen LogP contribution in [0.5, 0.6) is 0 Å². The SMILES string of the molecule is CSc1ncc2ccc(-c3nc4ccccc4n3C)n2n1. The number of thioether (sulfide) groups is 1. The molecule has 0 fully saturated rings. The molecule has 3 aromatic heterocycles. The average Bonchev–Trinajstić information content (AvgIpc) is 3.08. The van der Waals surface area contributed by atoms with E-state index < -0.39 is 0 Å². The Kier molecular flexibility index (Phi) is 2.71. The molecule has 0 saturated heterocycles. The van der Waals surface area contributed by atoms with Gasteiger partial charge in [0.2, 0.25) is 5.16 Å². The summed E-state index contributed by atoms with van der Waals surface area (Å²) in [6.07, 6.45) is 3.81. The number of fused-ring (bicyclic) bond motifs is 2. The minimum absolute atomic E-state index is 0.749. The minimum Gasteiger partial charge on any atom is -0.326 e. The molecular weight excluding hydrogens is 282 g/mol. The monoisotopic (exact) mass is 295 g/mol. The maximum Gasteiger partial charge on any atom is 0.207 e. The number of imidazole rings is 1. The molecule has 0 aliphatic heterocycles. The summed E-state index contributed by atoms with van der Waals surface area (Å²) in [5, 5.41) is 5.31. The minimum atomic E-state index is 0.749. The summed E-state index contributed by atoms with van der Waals surface area (Å²) in [5.74, 6) is 0.905. The van der Waals surface area contributed by atoms with Crippen molar-refractivity contribution in [1.82, 2.24) is 24.1 Å². The van der Waals surface area contributed by atoms with Crippen molar-refractivity contribution in [3.63, 3.8) is 0 Å². The molecule has 6 heteroatoms. The van der Waals surface area contributed by atoms with Gasteiger partial charge in [0.15, 0.2) is 5.82 Å². The first-order valence-electron chi connectivity index (χ1n) is 6.58. The van der Waals surface area contributed by atoms with Crippen LogP contribution < -0.4 is 0 Å². The van der Waals surface area contributed by atoms with Gasteiger partial charge in [0, 0.05) is 7.05 Å². The van der Waals surface area contributed by atoms with Crippen molar-refractivity contribution < 1.29 is 0 Å². The zero-order chi connectivity index (χ0) is 14.4. The number of aromatic nitrogens is 5. The molecule has 0 N–H and O–H groups in total. The van der Waals surface area contributed by atoms with Crippen molar-refractivity contribution in [2.45, 2.75) is 5.16 Å². The van der Waals surface area contributed by atoms with Crippen LogP contribution in [0, 0.1) is 0 Å². The lowest BCUT2D eigenvalue weighted by atomic mass is 10.3. The van der Waals surface area contributed by atoms with Gasteiger partial charge in [-0.25, -0.2) is 14.5 Å². The van der Waals surface area contributed by atoms with Crippen molar-refractivity contribution in [2.75, 3.05) is 6.26 Å². The summed E-state index contributed by atoms with van der Waals surface area (Å²) >= 11 is 1.53. The Morgan fingerprint density at radius 3 is 2.76 bits per heavy atom. The quantitative estimate of drug-likeness (QED) is 0.533. The van der Waals surface area contributed by atoms with Gasteiger partial charge in [0.25, 0.3) is 0 Å². The van der Waals surface area contributed by atoms with E-state index in [4.69, 9.17) is 4.98 Å². The average molecular weight is 295 g/mol. The third-order valence-electron chi connectivity index (χ3n) is 3.58. The van der Waals surface area contributed by atoms with E-state index in [2.05, 4.69) is 20.7 Å². The van der Waals surface area contributed by atoms with Gasteiger partial charge in [-0.15, -0.1) is 5.10 Å². The Bertz CT molecular complexity index is 953. The van der Waals surface area contributed by atoms with Crippen molar-refractivity contribution in [2.24, 2.45) is 7.05 Å². The normalized spacial score (nSPS) is 11.5. The van der Waals surface area contributed by atoms with Crippen molar-refractivity contribution in [3.8, 4) is 11.5 Å². The van der Waals surface area contributed by atoms with Gasteiger partial charge in [-0.1, -0.05) is 23.9 Å². The van der Waals surface area contributed by atoms with Gasteiger partial charge >= 0.3 is 0 Å². The number of hydrogen-bond acceptors (Lipinski definition) is 4. The molecule has 0 aliphatic carbocycles. The highest BCUT2D eigenvalue weighted by atomic mass is 32.2. The number of para-hydroxylation sites is 2. The number of nitrogens with zero attached hydrogens (tertiary/aromatic N) is 5. The van der Waals surface area contributed by atoms with Crippen molar-refractivity contribution in [3.05, 3.63) is 42.6 Å². The number of rotatable bonds is 2. The molecular formula is C15H13N5S. The molecule has 104 valence electrons. The van der Waals surface area contributed by atoms with Gasteiger partial charge in [0.1, 0.15) is 5.69 Å². The molecule has 0 radical (unpaired) electrons. The molecule has 0 amide bonds. The highest BCUT2D eigenvalue weighted by Crippen LogP contribution is 2.25. The molecule has 0 bridgehead atoms. The van der Waals surface area contributed by atoms with E-state index >= 15 is 0 Å². The fraction of sp³-hybridized carbons (Fsp3) is 0.133. The summed E-state index contributed by atoms with van der Waals surface area (Å²) in [5.41, 5.74) is 4.04. The lowest BCUT2D eigenvalue weighted by Gasteiger charge is -2.03. The van der Waals surface area contributed by atoms with E-state index in [0.29, 0.717) is 0 Å². The Morgan fingerprint density at radius 2 is 1.95 bits per heavy atom. The van der Waals surface area contributed by atoms with Crippen LogP contribution in [0.15, 0.2) is 47.8 Å². The smallest absolute Gasteiger partial charge is 0.207 e. The van der Waals surface area contributed by atoms with Gasteiger partial charge in [-0.2, -0.15) is 0 Å². The second-order valence-corrected chi connectivity index (χ2v) is 5.56. The van der Waals surface area contributed by atoms with Crippen LogP contribution in [0.25, 0.3) is 28.1 Å². The summed E-state index contributed by atoms with van der Waals surface area (Å²) in [6, 6.07) is 12.2. The fourth-order valence-corrected chi connectivity index (χ4v) is 2.85. The molecule has 0 atom stereocenters. The van der Waals surface area contributed by atoms with Crippen LogP contribution in [0.4, 0.5) is 0 Å². The topological polar surface area (TPSA) is 48.0 Å². The Balaban J connectivity index is 2.01. The summed E-state index contributed by atoms with van der Waals surface area (Å²) in [7, 11) is 2.03. The van der Waals surface area contributed by atoms with Crippen molar-refractivity contribution >= 4 is 28.3 Å². The second kappa shape index (κ2) is 4.60. The Labute approximate surface area is 125 Å². The molecule has 5 nitrogen and oxygen atoms in total. The maximum atomic E-state index is 4.74. The largest absolute Gasteiger partial charge is 0.326 e. The van der Waals surface area contributed by atoms with E-state index in [1.54, 1.807) is 0 Å². The predicted octanol–water partition coefficient (Wildman–Crippen LogP) is 3.00. The van der Waals surface area contributed by atoms with E-state index in [9.17, 15) is 0 Å². The third-order valence-corrected chi connectivity index (χ3v) is 4.13. The summed E-state index contributed by atoms with van der Waals surface area (Å²) in [6.45, 7) is 0. The van der Waals surface area contributed by atoms with E-state index in [0.717, 1.165) is 33.2 Å². The van der Waals surface area contributed by atoms with E-state index in [1.165, 1.54) is 11.8 Å². The van der Waals surface area contributed by atoms with Crippen LogP contribution >= 0.6 is 11.8 Å². The number of hydrogen-bond donors (Lipinski definition) is 0. The molecule has 1 aromatic carbocycles. The lowest BCUT2D eigenvalue weighted by Crippen LogP contribution is -2.01. The number of benzene rings is 1. The van der Waals surface area contributed by atoms with E-state index in [-0.39, 0.29) is 0 Å². The Morgan fingerprint density at radius 1 is 1.10 bits per heavy atom. The molecule has 4 rings (SSSR count). The van der Waals surface area contributed by atoms with Crippen molar-refractivity contribution in [1.29, 1.82) is 0 Å². The summed E-state index contributed by atoms with van der Waals surface area (Å²) < 4.78 is 4.00. The lowest BCUT2D eigenvalue weighted by molar-refractivity contribution is 0.794. The third kappa shape index (κ3) is 1.83. The van der Waals surface area contributed by atoms with Crippen LogP contribution in [0.2, 0.25) is 0 Å². The van der Waals surface area contributed by atoms with Crippen LogP contribution in [0.3, 0.4) is 0 Å². The number of aryl methyl sites for hydroxylation is 1. The molecule has 21 heavy (non-hydrogen) atoms. The highest BCUT2D eigenvalue weighted by Gasteiger charge is 2.14. The first-order chi connectivity index (χ1) is 10.3. The highest BCUT2D eigenvalue weighted by molar-refractivity contribution is 7.98. The Hall–Kier alpha value is -2.34. The molecule has 0 spiro atoms. The molecule has 0 aliphatic rings. The van der Waals surface area contributed by atoms with Crippen LogP contribution in [0.1, 0.15) is 0 Å². The second-order valence-electron chi connectivity index (χ2n) is 4.78. The first kappa shape index (κ1) is 12.4. The molecule has 0 saturated carbocycles. The molecule has 3 heterocycles. The van der Waals surface area contributed by atoms with Gasteiger partial charge in [-0.3, -0.25) is 0 Å². The first-order valence-corrected chi connectivity index (χ1v) is 7.81. The standard InChI is InChI=1S/C15H13N5S/c1-19-12-6-4-3-5-11(12)17-14(19)13-8-7-10-9-16-15(21-2)18-20(10)13/h3-9H,1-2H3. The molecule has 0 unspecified atom stereocenters. The fourth-order valence-electron chi connectivity index (χ4n) is 2.52. The van der Waals surface area contributed by atoms with Crippen LogP contribution in [-0.2, 0) is 7.05 Å². The zero-order valence-corrected chi connectivity index (χ0v) is 12.5. The predicted molar refractivity (Wildman–Crippen MR) is 84.5 cm³/mol. The zero-order valence-electron chi connectivity index (χ0n) is 11.7. The van der Waals surface area contributed by atoms with E-state index in [1.807, 2.05) is 54.3 Å². The van der Waals surface area contributed by atoms with Gasteiger partial charge in [0.05, 0.1) is 22.7 Å². The van der Waals surface area contributed by atoms with Gasteiger partial charge in [-0.05, 0) is 30.5 Å². The van der Waals surface area contributed by atoms with Crippen LogP contribution in [-0.4, -0.2) is 30.4 Å². The maximum absolute atomic E-state index is 4.74. The molecule has 4 aromatic rings. The summed E-state index contributed by atoms with van der Waals surface area (Å²) in [4.78, 5) is 9.04.